The molecule has 0 spiro atoms. The molecule has 1 N–H and O–H groups in total. The molecule has 0 unspecified atom stereocenters. The van der Waals surface area contributed by atoms with Gasteiger partial charge in [-0.15, -0.1) is 0 Å². The second-order valence-electron chi connectivity index (χ2n) is 6.44. The van der Waals surface area contributed by atoms with Gasteiger partial charge in [-0.05, 0) is 30.9 Å². The first-order valence-electron chi connectivity index (χ1n) is 8.41. The molecule has 2 aromatic rings. The second kappa shape index (κ2) is 7.95. The van der Waals surface area contributed by atoms with Gasteiger partial charge in [-0.25, -0.2) is 9.48 Å². The number of anilines is 1. The van der Waals surface area contributed by atoms with Crippen molar-refractivity contribution in [3.05, 3.63) is 41.9 Å². The Morgan fingerprint density at radius 3 is 2.62 bits per heavy atom. The first-order valence-corrected chi connectivity index (χ1v) is 8.41. The number of urea groups is 1. The molecule has 0 aromatic carbocycles. The molecule has 2 heterocycles. The Labute approximate surface area is 143 Å². The van der Waals surface area contributed by atoms with E-state index in [-0.39, 0.29) is 12.1 Å². The van der Waals surface area contributed by atoms with Gasteiger partial charge >= 0.3 is 6.03 Å². The minimum Gasteiger partial charge on any atom is -0.322 e. The van der Waals surface area contributed by atoms with Gasteiger partial charge < -0.3 is 4.90 Å². The highest BCUT2D eigenvalue weighted by Gasteiger charge is 2.17. The van der Waals surface area contributed by atoms with Gasteiger partial charge in [0.15, 0.2) is 0 Å². The summed E-state index contributed by atoms with van der Waals surface area (Å²) in [7, 11) is 1.76. The molecule has 130 valence electrons. The van der Waals surface area contributed by atoms with E-state index in [0.717, 1.165) is 12.1 Å². The zero-order valence-corrected chi connectivity index (χ0v) is 15.2. The minimum absolute atomic E-state index is 0.172. The van der Waals surface area contributed by atoms with E-state index >= 15 is 0 Å². The Morgan fingerprint density at radius 1 is 1.29 bits per heavy atom. The number of pyridine rings is 1. The largest absolute Gasteiger partial charge is 0.323 e. The number of rotatable bonds is 6. The molecule has 0 fully saturated rings. The molecule has 6 nitrogen and oxygen atoms in total. The Kier molecular flexibility index (Phi) is 5.95. The van der Waals surface area contributed by atoms with Gasteiger partial charge in [0, 0.05) is 19.3 Å². The molecule has 0 aliphatic rings. The standard InChI is InChI=1S/C18H27N5O/c1-6-15-7-8-16(19-11-15)12-22(5)18(24)21-17-9-10-20-23(17)14(4)13(2)3/h7-11,13-14H,6,12H2,1-5H3,(H,21,24)/t14-/m0/s1. The summed E-state index contributed by atoms with van der Waals surface area (Å²) in [5.74, 6) is 1.14. The monoisotopic (exact) mass is 329 g/mol. The summed E-state index contributed by atoms with van der Waals surface area (Å²) in [6.45, 7) is 8.92. The van der Waals surface area contributed by atoms with Crippen LogP contribution < -0.4 is 5.32 Å². The Balaban J connectivity index is 2.00. The van der Waals surface area contributed by atoms with Crippen LogP contribution in [0.5, 0.6) is 0 Å². The summed E-state index contributed by atoms with van der Waals surface area (Å²) in [6, 6.07) is 5.87. The zero-order chi connectivity index (χ0) is 17.7. The van der Waals surface area contributed by atoms with Crippen LogP contribution in [0.2, 0.25) is 0 Å². The van der Waals surface area contributed by atoms with Crippen molar-refractivity contribution in [3.63, 3.8) is 0 Å². The molecule has 2 amide bonds. The number of aromatic nitrogens is 3. The Bertz CT molecular complexity index is 662. The van der Waals surface area contributed by atoms with Gasteiger partial charge in [-0.1, -0.05) is 26.8 Å². The van der Waals surface area contributed by atoms with Gasteiger partial charge in [0.2, 0.25) is 0 Å². The first kappa shape index (κ1) is 18.0. The lowest BCUT2D eigenvalue weighted by molar-refractivity contribution is 0.219. The van der Waals surface area contributed by atoms with E-state index in [2.05, 4.69) is 43.1 Å². The van der Waals surface area contributed by atoms with Crippen LogP contribution in [0.25, 0.3) is 0 Å². The third-order valence-electron chi connectivity index (χ3n) is 4.30. The average molecular weight is 329 g/mol. The van der Waals surface area contributed by atoms with Crippen LogP contribution in [0.1, 0.15) is 45.0 Å². The normalized spacial score (nSPS) is 12.2. The third kappa shape index (κ3) is 4.34. The number of amides is 2. The molecule has 0 saturated carbocycles. The number of carbonyl (C=O) groups is 1. The maximum Gasteiger partial charge on any atom is 0.323 e. The lowest BCUT2D eigenvalue weighted by atomic mass is 10.1. The third-order valence-corrected chi connectivity index (χ3v) is 4.30. The van der Waals surface area contributed by atoms with Crippen molar-refractivity contribution in [2.75, 3.05) is 12.4 Å². The van der Waals surface area contributed by atoms with E-state index in [1.165, 1.54) is 5.56 Å². The highest BCUT2D eigenvalue weighted by molar-refractivity contribution is 5.88. The Hall–Kier alpha value is -2.37. The molecular formula is C18H27N5O. The summed E-state index contributed by atoms with van der Waals surface area (Å²) in [6.07, 6.45) is 4.53. The maximum absolute atomic E-state index is 12.4. The first-order chi connectivity index (χ1) is 11.4. The quantitative estimate of drug-likeness (QED) is 0.878. The van der Waals surface area contributed by atoms with Crippen LogP contribution >= 0.6 is 0 Å². The molecule has 0 aliphatic heterocycles. The predicted molar refractivity (Wildman–Crippen MR) is 95.9 cm³/mol. The van der Waals surface area contributed by atoms with Crippen molar-refractivity contribution in [1.82, 2.24) is 19.7 Å². The molecule has 2 aromatic heterocycles. The number of hydrogen-bond acceptors (Lipinski definition) is 3. The number of nitrogens with one attached hydrogen (secondary N) is 1. The molecular weight excluding hydrogens is 302 g/mol. The number of carbonyl (C=O) groups excluding carboxylic acids is 1. The van der Waals surface area contributed by atoms with Crippen LogP contribution in [0, 0.1) is 5.92 Å². The van der Waals surface area contributed by atoms with Gasteiger partial charge in [-0.2, -0.15) is 5.10 Å². The summed E-state index contributed by atoms with van der Waals surface area (Å²) < 4.78 is 1.85. The van der Waals surface area contributed by atoms with E-state index in [0.29, 0.717) is 18.3 Å². The average Bonchev–Trinajstić information content (AvgIpc) is 3.02. The molecule has 0 bridgehead atoms. The number of nitrogens with zero attached hydrogens (tertiary/aromatic N) is 4. The van der Waals surface area contributed by atoms with Crippen molar-refractivity contribution in [2.45, 2.75) is 46.7 Å². The molecule has 1 atom stereocenters. The summed E-state index contributed by atoms with van der Waals surface area (Å²) >= 11 is 0. The number of hydrogen-bond donors (Lipinski definition) is 1. The second-order valence-corrected chi connectivity index (χ2v) is 6.44. The highest BCUT2D eigenvalue weighted by atomic mass is 16.2. The number of aryl methyl sites for hydroxylation is 1. The fraction of sp³-hybridized carbons (Fsp3) is 0.500. The fourth-order valence-corrected chi connectivity index (χ4v) is 2.30. The van der Waals surface area contributed by atoms with Crippen molar-refractivity contribution in [3.8, 4) is 0 Å². The minimum atomic E-state index is -0.172. The molecule has 0 radical (unpaired) electrons. The van der Waals surface area contributed by atoms with Crippen LogP contribution in [0.4, 0.5) is 10.6 Å². The van der Waals surface area contributed by atoms with Gasteiger partial charge in [0.05, 0.1) is 24.5 Å². The van der Waals surface area contributed by atoms with Crippen LogP contribution in [-0.4, -0.2) is 32.7 Å². The van der Waals surface area contributed by atoms with E-state index < -0.39 is 0 Å². The fourth-order valence-electron chi connectivity index (χ4n) is 2.30. The predicted octanol–water partition coefficient (Wildman–Crippen LogP) is 3.72. The Morgan fingerprint density at radius 2 is 2.04 bits per heavy atom. The molecule has 2 rings (SSSR count). The lowest BCUT2D eigenvalue weighted by Crippen LogP contribution is -2.32. The van der Waals surface area contributed by atoms with Crippen LogP contribution in [0.15, 0.2) is 30.6 Å². The SMILES string of the molecule is CCc1ccc(CN(C)C(=O)Nc2ccnn2[C@@H](C)C(C)C)nc1. The van der Waals surface area contributed by atoms with Gasteiger partial charge in [0.25, 0.3) is 0 Å². The van der Waals surface area contributed by atoms with Crippen LogP contribution in [-0.2, 0) is 13.0 Å². The lowest BCUT2D eigenvalue weighted by Gasteiger charge is -2.21. The topological polar surface area (TPSA) is 63.1 Å². The van der Waals surface area contributed by atoms with E-state index in [4.69, 9.17) is 0 Å². The molecule has 0 saturated heterocycles. The van der Waals surface area contributed by atoms with Gasteiger partial charge in [-0.3, -0.25) is 10.3 Å². The maximum atomic E-state index is 12.4. The van der Waals surface area contributed by atoms with E-state index in [1.54, 1.807) is 18.1 Å². The summed E-state index contributed by atoms with van der Waals surface area (Å²) in [5, 5.41) is 7.25. The van der Waals surface area contributed by atoms with Crippen molar-refractivity contribution in [2.24, 2.45) is 5.92 Å². The van der Waals surface area contributed by atoms with Crippen LogP contribution in [0.3, 0.4) is 0 Å². The zero-order valence-electron chi connectivity index (χ0n) is 15.2. The molecule has 0 aliphatic carbocycles. The smallest absolute Gasteiger partial charge is 0.322 e. The van der Waals surface area contributed by atoms with E-state index in [9.17, 15) is 4.79 Å². The van der Waals surface area contributed by atoms with Crippen molar-refractivity contribution < 1.29 is 4.79 Å². The van der Waals surface area contributed by atoms with E-state index in [1.807, 2.05) is 29.1 Å². The van der Waals surface area contributed by atoms with Crippen molar-refractivity contribution in [1.29, 1.82) is 0 Å². The summed E-state index contributed by atoms with van der Waals surface area (Å²) in [4.78, 5) is 18.4. The molecule has 6 heteroatoms. The van der Waals surface area contributed by atoms with Crippen molar-refractivity contribution >= 4 is 11.8 Å². The summed E-state index contributed by atoms with van der Waals surface area (Å²) in [5.41, 5.74) is 2.06. The highest BCUT2D eigenvalue weighted by Crippen LogP contribution is 2.21. The van der Waals surface area contributed by atoms with Gasteiger partial charge in [0.1, 0.15) is 5.82 Å². The molecule has 24 heavy (non-hydrogen) atoms.